The van der Waals surface area contributed by atoms with Crippen molar-refractivity contribution in [1.29, 1.82) is 0 Å². The zero-order valence-electron chi connectivity index (χ0n) is 10.9. The molecule has 0 aromatic heterocycles. The molecule has 20 heavy (non-hydrogen) atoms. The SMILES string of the molecule is CCc1cccc(Oc2cc(N)cc(C(F)(F)F)c2)c1. The van der Waals surface area contributed by atoms with Gasteiger partial charge in [0.2, 0.25) is 0 Å². The van der Waals surface area contributed by atoms with Crippen LogP contribution in [0, 0.1) is 0 Å². The lowest BCUT2D eigenvalue weighted by Gasteiger charge is -2.12. The van der Waals surface area contributed by atoms with E-state index in [4.69, 9.17) is 10.5 Å². The van der Waals surface area contributed by atoms with Crippen LogP contribution in [-0.2, 0) is 12.6 Å². The molecule has 106 valence electrons. The van der Waals surface area contributed by atoms with Crippen molar-refractivity contribution in [2.75, 3.05) is 5.73 Å². The largest absolute Gasteiger partial charge is 0.457 e. The molecule has 0 saturated heterocycles. The highest BCUT2D eigenvalue weighted by molar-refractivity contribution is 5.49. The van der Waals surface area contributed by atoms with Gasteiger partial charge in [-0.1, -0.05) is 19.1 Å². The van der Waals surface area contributed by atoms with Gasteiger partial charge in [-0.15, -0.1) is 0 Å². The van der Waals surface area contributed by atoms with E-state index < -0.39 is 11.7 Å². The zero-order valence-corrected chi connectivity index (χ0v) is 10.9. The van der Waals surface area contributed by atoms with Crippen molar-refractivity contribution in [1.82, 2.24) is 0 Å². The van der Waals surface area contributed by atoms with Gasteiger partial charge in [0.25, 0.3) is 0 Å². The molecule has 0 atom stereocenters. The number of halogens is 3. The maximum absolute atomic E-state index is 12.7. The van der Waals surface area contributed by atoms with Crippen molar-refractivity contribution < 1.29 is 17.9 Å². The maximum Gasteiger partial charge on any atom is 0.416 e. The van der Waals surface area contributed by atoms with Crippen molar-refractivity contribution in [3.05, 3.63) is 53.6 Å². The van der Waals surface area contributed by atoms with E-state index in [9.17, 15) is 13.2 Å². The van der Waals surface area contributed by atoms with Gasteiger partial charge in [0.15, 0.2) is 0 Å². The van der Waals surface area contributed by atoms with E-state index in [1.54, 1.807) is 18.2 Å². The molecule has 2 nitrogen and oxygen atoms in total. The van der Waals surface area contributed by atoms with E-state index in [0.717, 1.165) is 24.1 Å². The molecule has 0 saturated carbocycles. The predicted octanol–water partition coefficient (Wildman–Crippen LogP) is 4.64. The molecule has 2 N–H and O–H groups in total. The summed E-state index contributed by atoms with van der Waals surface area (Å²) in [5.74, 6) is 0.564. The van der Waals surface area contributed by atoms with Crippen LogP contribution in [0.25, 0.3) is 0 Å². The summed E-state index contributed by atoms with van der Waals surface area (Å²) in [7, 11) is 0. The molecule has 0 radical (unpaired) electrons. The Morgan fingerprint density at radius 3 is 2.45 bits per heavy atom. The average molecular weight is 281 g/mol. The normalized spacial score (nSPS) is 11.4. The van der Waals surface area contributed by atoms with E-state index in [-0.39, 0.29) is 11.4 Å². The molecular formula is C15H14F3NO. The van der Waals surface area contributed by atoms with E-state index >= 15 is 0 Å². The second-order valence-electron chi connectivity index (χ2n) is 4.39. The lowest BCUT2D eigenvalue weighted by molar-refractivity contribution is -0.137. The van der Waals surface area contributed by atoms with Crippen LogP contribution in [-0.4, -0.2) is 0 Å². The molecule has 0 aliphatic carbocycles. The highest BCUT2D eigenvalue weighted by Gasteiger charge is 2.31. The fourth-order valence-electron chi connectivity index (χ4n) is 1.81. The van der Waals surface area contributed by atoms with Gasteiger partial charge in [0, 0.05) is 11.8 Å². The predicted molar refractivity (Wildman–Crippen MR) is 71.8 cm³/mol. The molecule has 2 rings (SSSR count). The number of alkyl halides is 3. The molecule has 0 aliphatic heterocycles. The molecule has 0 amide bonds. The Balaban J connectivity index is 2.31. The smallest absolute Gasteiger partial charge is 0.416 e. The van der Waals surface area contributed by atoms with Gasteiger partial charge in [0.1, 0.15) is 11.5 Å². The van der Waals surface area contributed by atoms with Crippen LogP contribution in [0.5, 0.6) is 11.5 Å². The topological polar surface area (TPSA) is 35.2 Å². The molecule has 0 fully saturated rings. The van der Waals surface area contributed by atoms with Crippen LogP contribution in [0.1, 0.15) is 18.1 Å². The van der Waals surface area contributed by atoms with E-state index in [1.165, 1.54) is 6.07 Å². The van der Waals surface area contributed by atoms with Gasteiger partial charge >= 0.3 is 6.18 Å². The Hall–Kier alpha value is -2.17. The summed E-state index contributed by atoms with van der Waals surface area (Å²) in [5.41, 5.74) is 5.72. The summed E-state index contributed by atoms with van der Waals surface area (Å²) < 4.78 is 43.5. The molecule has 2 aromatic rings. The van der Waals surface area contributed by atoms with Gasteiger partial charge in [-0.25, -0.2) is 0 Å². The van der Waals surface area contributed by atoms with Crippen LogP contribution in [0.2, 0.25) is 0 Å². The van der Waals surface area contributed by atoms with Gasteiger partial charge < -0.3 is 10.5 Å². The summed E-state index contributed by atoms with van der Waals surface area (Å²) in [4.78, 5) is 0. The monoisotopic (exact) mass is 281 g/mol. The third-order valence-corrected chi connectivity index (χ3v) is 2.80. The Bertz CT molecular complexity index is 608. The van der Waals surface area contributed by atoms with Gasteiger partial charge in [0.05, 0.1) is 5.56 Å². The van der Waals surface area contributed by atoms with Crippen molar-refractivity contribution in [2.45, 2.75) is 19.5 Å². The third kappa shape index (κ3) is 3.44. The van der Waals surface area contributed by atoms with Gasteiger partial charge in [-0.05, 0) is 36.2 Å². The highest BCUT2D eigenvalue weighted by Crippen LogP contribution is 2.34. The van der Waals surface area contributed by atoms with Crippen molar-refractivity contribution >= 4 is 5.69 Å². The minimum Gasteiger partial charge on any atom is -0.457 e. The van der Waals surface area contributed by atoms with Crippen molar-refractivity contribution in [3.63, 3.8) is 0 Å². The lowest BCUT2D eigenvalue weighted by atomic mass is 10.1. The quantitative estimate of drug-likeness (QED) is 0.832. The first-order chi connectivity index (χ1) is 9.38. The number of nitrogens with two attached hydrogens (primary N) is 1. The number of nitrogen functional groups attached to an aromatic ring is 1. The number of anilines is 1. The minimum absolute atomic E-state index is 0.0153. The first kappa shape index (κ1) is 14.2. The molecule has 0 unspecified atom stereocenters. The molecule has 0 aliphatic rings. The Morgan fingerprint density at radius 1 is 1.05 bits per heavy atom. The summed E-state index contributed by atoms with van der Waals surface area (Å²) >= 11 is 0. The Labute approximate surface area is 115 Å². The number of benzene rings is 2. The summed E-state index contributed by atoms with van der Waals surface area (Å²) in [6.45, 7) is 1.99. The lowest BCUT2D eigenvalue weighted by Crippen LogP contribution is -2.06. The summed E-state index contributed by atoms with van der Waals surface area (Å²) in [5, 5.41) is 0. The van der Waals surface area contributed by atoms with Crippen LogP contribution < -0.4 is 10.5 Å². The first-order valence-corrected chi connectivity index (χ1v) is 6.13. The Kier molecular flexibility index (Phi) is 3.88. The fraction of sp³-hybridized carbons (Fsp3) is 0.200. The number of hydrogen-bond acceptors (Lipinski definition) is 2. The molecule has 2 aromatic carbocycles. The summed E-state index contributed by atoms with van der Waals surface area (Å²) in [6, 6.07) is 10.4. The number of rotatable bonds is 3. The fourth-order valence-corrected chi connectivity index (χ4v) is 1.81. The van der Waals surface area contributed by atoms with Crippen molar-refractivity contribution in [3.8, 4) is 11.5 Å². The number of hydrogen-bond donors (Lipinski definition) is 1. The van der Waals surface area contributed by atoms with E-state index in [0.29, 0.717) is 5.75 Å². The summed E-state index contributed by atoms with van der Waals surface area (Å²) in [6.07, 6.45) is -3.62. The third-order valence-electron chi connectivity index (χ3n) is 2.80. The Morgan fingerprint density at radius 2 is 1.80 bits per heavy atom. The zero-order chi connectivity index (χ0) is 14.8. The van der Waals surface area contributed by atoms with E-state index in [2.05, 4.69) is 0 Å². The minimum atomic E-state index is -4.45. The maximum atomic E-state index is 12.7. The van der Waals surface area contributed by atoms with Crippen LogP contribution in [0.4, 0.5) is 18.9 Å². The van der Waals surface area contributed by atoms with Gasteiger partial charge in [-0.2, -0.15) is 13.2 Å². The standard InChI is InChI=1S/C15H14F3NO/c1-2-10-4-3-5-13(6-10)20-14-8-11(15(16,17)18)7-12(19)9-14/h3-9H,2,19H2,1H3. The molecule has 5 heteroatoms. The number of aryl methyl sites for hydroxylation is 1. The second-order valence-corrected chi connectivity index (χ2v) is 4.39. The molecule has 0 bridgehead atoms. The highest BCUT2D eigenvalue weighted by atomic mass is 19.4. The number of ether oxygens (including phenoxy) is 1. The average Bonchev–Trinajstić information content (AvgIpc) is 2.37. The molecular weight excluding hydrogens is 267 g/mol. The van der Waals surface area contributed by atoms with Crippen LogP contribution >= 0.6 is 0 Å². The van der Waals surface area contributed by atoms with Crippen molar-refractivity contribution in [2.24, 2.45) is 0 Å². The van der Waals surface area contributed by atoms with Crippen LogP contribution in [0.3, 0.4) is 0 Å². The second kappa shape index (κ2) is 5.45. The van der Waals surface area contributed by atoms with Gasteiger partial charge in [-0.3, -0.25) is 0 Å². The van der Waals surface area contributed by atoms with Crippen LogP contribution in [0.15, 0.2) is 42.5 Å². The molecule has 0 spiro atoms. The molecule has 0 heterocycles. The van der Waals surface area contributed by atoms with E-state index in [1.807, 2.05) is 13.0 Å². The first-order valence-electron chi connectivity index (χ1n) is 6.13.